The topological polar surface area (TPSA) is 20.2 Å². The SMILES string of the molecule is CCC(C)CC(O)CCC1CC1. The highest BCUT2D eigenvalue weighted by Crippen LogP contribution is 2.34. The van der Waals surface area contributed by atoms with Gasteiger partial charge in [-0.3, -0.25) is 0 Å². The molecule has 1 aliphatic rings. The Morgan fingerprint density at radius 3 is 2.58 bits per heavy atom. The minimum absolute atomic E-state index is 0.0273. The van der Waals surface area contributed by atoms with Crippen LogP contribution in [-0.4, -0.2) is 11.2 Å². The maximum atomic E-state index is 9.63. The molecule has 72 valence electrons. The molecule has 1 rings (SSSR count). The molecular formula is C11H22O. The third kappa shape index (κ3) is 4.10. The fraction of sp³-hybridized carbons (Fsp3) is 1.00. The highest BCUT2D eigenvalue weighted by atomic mass is 16.3. The number of hydrogen-bond donors (Lipinski definition) is 1. The number of aliphatic hydroxyl groups excluding tert-OH is 1. The molecule has 0 aromatic carbocycles. The molecule has 1 nitrogen and oxygen atoms in total. The van der Waals surface area contributed by atoms with Crippen LogP contribution in [0.3, 0.4) is 0 Å². The van der Waals surface area contributed by atoms with Gasteiger partial charge in [0.15, 0.2) is 0 Å². The van der Waals surface area contributed by atoms with Crippen LogP contribution in [0.25, 0.3) is 0 Å². The Kier molecular flexibility index (Phi) is 4.07. The molecular weight excluding hydrogens is 148 g/mol. The summed E-state index contributed by atoms with van der Waals surface area (Å²) >= 11 is 0. The standard InChI is InChI=1S/C11H22O/c1-3-9(2)8-11(12)7-6-10-4-5-10/h9-12H,3-8H2,1-2H3. The second kappa shape index (κ2) is 4.86. The lowest BCUT2D eigenvalue weighted by Crippen LogP contribution is -2.11. The average Bonchev–Trinajstić information content (AvgIpc) is 2.83. The molecule has 0 bridgehead atoms. The normalized spacial score (nSPS) is 22.2. The summed E-state index contributed by atoms with van der Waals surface area (Å²) in [6, 6.07) is 0. The zero-order chi connectivity index (χ0) is 8.97. The summed E-state index contributed by atoms with van der Waals surface area (Å²) in [6.45, 7) is 4.42. The van der Waals surface area contributed by atoms with Crippen molar-refractivity contribution in [3.63, 3.8) is 0 Å². The van der Waals surface area contributed by atoms with Gasteiger partial charge in [0, 0.05) is 0 Å². The Balaban J connectivity index is 1.97. The Bertz CT molecular complexity index is 118. The van der Waals surface area contributed by atoms with Gasteiger partial charge in [-0.25, -0.2) is 0 Å². The molecule has 2 unspecified atom stereocenters. The van der Waals surface area contributed by atoms with Crippen LogP contribution in [0, 0.1) is 11.8 Å². The maximum Gasteiger partial charge on any atom is 0.0542 e. The van der Waals surface area contributed by atoms with E-state index in [0.29, 0.717) is 5.92 Å². The van der Waals surface area contributed by atoms with Crippen LogP contribution in [0.2, 0.25) is 0 Å². The van der Waals surface area contributed by atoms with Crippen molar-refractivity contribution in [1.82, 2.24) is 0 Å². The predicted molar refractivity (Wildman–Crippen MR) is 52.0 cm³/mol. The summed E-state index contributed by atoms with van der Waals surface area (Å²) in [4.78, 5) is 0. The summed E-state index contributed by atoms with van der Waals surface area (Å²) in [5.74, 6) is 1.66. The number of rotatable bonds is 6. The largest absolute Gasteiger partial charge is 0.393 e. The molecule has 0 amide bonds. The molecule has 2 atom stereocenters. The second-order valence-corrected chi connectivity index (χ2v) is 4.42. The first-order valence-corrected chi connectivity index (χ1v) is 5.40. The molecule has 1 fully saturated rings. The fourth-order valence-corrected chi connectivity index (χ4v) is 1.58. The highest BCUT2D eigenvalue weighted by molar-refractivity contribution is 4.74. The van der Waals surface area contributed by atoms with Crippen LogP contribution in [-0.2, 0) is 0 Å². The summed E-state index contributed by atoms with van der Waals surface area (Å²) < 4.78 is 0. The van der Waals surface area contributed by atoms with Crippen LogP contribution in [0.4, 0.5) is 0 Å². The number of aliphatic hydroxyl groups is 1. The smallest absolute Gasteiger partial charge is 0.0542 e. The van der Waals surface area contributed by atoms with Crippen molar-refractivity contribution in [2.45, 2.75) is 58.5 Å². The van der Waals surface area contributed by atoms with Gasteiger partial charge in [0.1, 0.15) is 0 Å². The molecule has 1 aliphatic carbocycles. The van der Waals surface area contributed by atoms with Crippen molar-refractivity contribution < 1.29 is 5.11 Å². The van der Waals surface area contributed by atoms with Gasteiger partial charge in [-0.1, -0.05) is 33.1 Å². The first-order chi connectivity index (χ1) is 5.72. The van der Waals surface area contributed by atoms with E-state index in [9.17, 15) is 5.11 Å². The van der Waals surface area contributed by atoms with E-state index in [0.717, 1.165) is 18.8 Å². The van der Waals surface area contributed by atoms with E-state index in [1.807, 2.05) is 0 Å². The summed E-state index contributed by atoms with van der Waals surface area (Å²) in [7, 11) is 0. The van der Waals surface area contributed by atoms with E-state index < -0.39 is 0 Å². The molecule has 0 spiro atoms. The van der Waals surface area contributed by atoms with Gasteiger partial charge in [-0.05, 0) is 31.1 Å². The molecule has 1 heteroatoms. The van der Waals surface area contributed by atoms with Crippen LogP contribution >= 0.6 is 0 Å². The number of hydrogen-bond acceptors (Lipinski definition) is 1. The lowest BCUT2D eigenvalue weighted by atomic mass is 9.98. The average molecular weight is 170 g/mol. The van der Waals surface area contributed by atoms with Gasteiger partial charge in [0.05, 0.1) is 6.10 Å². The molecule has 0 aromatic rings. The Morgan fingerprint density at radius 2 is 2.08 bits per heavy atom. The van der Waals surface area contributed by atoms with E-state index in [2.05, 4.69) is 13.8 Å². The Labute approximate surface area is 76.2 Å². The van der Waals surface area contributed by atoms with Crippen molar-refractivity contribution in [3.8, 4) is 0 Å². The fourth-order valence-electron chi connectivity index (χ4n) is 1.58. The van der Waals surface area contributed by atoms with Crippen molar-refractivity contribution in [3.05, 3.63) is 0 Å². The zero-order valence-corrected chi connectivity index (χ0v) is 8.42. The predicted octanol–water partition coefficient (Wildman–Crippen LogP) is 2.97. The van der Waals surface area contributed by atoms with E-state index >= 15 is 0 Å². The van der Waals surface area contributed by atoms with E-state index in [1.54, 1.807) is 0 Å². The van der Waals surface area contributed by atoms with Gasteiger partial charge in [-0.15, -0.1) is 0 Å². The third-order valence-corrected chi connectivity index (χ3v) is 2.98. The molecule has 0 aromatic heterocycles. The summed E-state index contributed by atoms with van der Waals surface area (Å²) in [6.07, 6.45) is 7.29. The summed E-state index contributed by atoms with van der Waals surface area (Å²) in [5, 5.41) is 9.63. The molecule has 0 aliphatic heterocycles. The molecule has 1 saturated carbocycles. The van der Waals surface area contributed by atoms with Gasteiger partial charge < -0.3 is 5.11 Å². The zero-order valence-electron chi connectivity index (χ0n) is 8.42. The van der Waals surface area contributed by atoms with Crippen LogP contribution < -0.4 is 0 Å². The minimum atomic E-state index is -0.0273. The lowest BCUT2D eigenvalue weighted by molar-refractivity contribution is 0.131. The molecule has 12 heavy (non-hydrogen) atoms. The van der Waals surface area contributed by atoms with Gasteiger partial charge in [-0.2, -0.15) is 0 Å². The molecule has 0 radical (unpaired) electrons. The second-order valence-electron chi connectivity index (χ2n) is 4.42. The van der Waals surface area contributed by atoms with E-state index in [4.69, 9.17) is 0 Å². The van der Waals surface area contributed by atoms with Crippen LogP contribution in [0.1, 0.15) is 52.4 Å². The minimum Gasteiger partial charge on any atom is -0.393 e. The molecule has 0 heterocycles. The first kappa shape index (κ1) is 10.0. The molecule has 0 saturated heterocycles. The van der Waals surface area contributed by atoms with Crippen molar-refractivity contribution in [2.24, 2.45) is 11.8 Å². The van der Waals surface area contributed by atoms with Crippen molar-refractivity contribution >= 4 is 0 Å². The van der Waals surface area contributed by atoms with Gasteiger partial charge >= 0.3 is 0 Å². The quantitative estimate of drug-likeness (QED) is 0.649. The third-order valence-electron chi connectivity index (χ3n) is 2.98. The molecule has 1 N–H and O–H groups in total. The van der Waals surface area contributed by atoms with Crippen LogP contribution in [0.5, 0.6) is 0 Å². The van der Waals surface area contributed by atoms with E-state index in [-0.39, 0.29) is 6.10 Å². The summed E-state index contributed by atoms with van der Waals surface area (Å²) in [5.41, 5.74) is 0. The highest BCUT2D eigenvalue weighted by Gasteiger charge is 2.22. The monoisotopic (exact) mass is 170 g/mol. The first-order valence-electron chi connectivity index (χ1n) is 5.40. The van der Waals surface area contributed by atoms with E-state index in [1.165, 1.54) is 25.7 Å². The maximum absolute atomic E-state index is 9.63. The van der Waals surface area contributed by atoms with Crippen molar-refractivity contribution in [1.29, 1.82) is 0 Å². The van der Waals surface area contributed by atoms with Crippen molar-refractivity contribution in [2.75, 3.05) is 0 Å². The Morgan fingerprint density at radius 1 is 1.42 bits per heavy atom. The van der Waals surface area contributed by atoms with Crippen LogP contribution in [0.15, 0.2) is 0 Å². The lowest BCUT2D eigenvalue weighted by Gasteiger charge is -2.14. The Hall–Kier alpha value is -0.0400. The van der Waals surface area contributed by atoms with Gasteiger partial charge in [0.25, 0.3) is 0 Å². The van der Waals surface area contributed by atoms with Gasteiger partial charge in [0.2, 0.25) is 0 Å².